The van der Waals surface area contributed by atoms with Crippen LogP contribution in [0.4, 0.5) is 0 Å². The highest BCUT2D eigenvalue weighted by molar-refractivity contribution is 5.70. The van der Waals surface area contributed by atoms with E-state index < -0.39 is 5.60 Å². The summed E-state index contributed by atoms with van der Waals surface area (Å²) in [6, 6.07) is 2.22. The van der Waals surface area contributed by atoms with Gasteiger partial charge in [0.25, 0.3) is 0 Å². The second-order valence-electron chi connectivity index (χ2n) is 8.21. The van der Waals surface area contributed by atoms with E-state index in [1.54, 1.807) is 0 Å². The normalized spacial score (nSPS) is 53.7. The van der Waals surface area contributed by atoms with Crippen LogP contribution in [-0.4, -0.2) is 22.8 Å². The molecule has 3 aliphatic carbocycles. The summed E-state index contributed by atoms with van der Waals surface area (Å²) in [5.74, 6) is 2.15. The van der Waals surface area contributed by atoms with Crippen LogP contribution in [0.15, 0.2) is 0 Å². The van der Waals surface area contributed by atoms with Gasteiger partial charge in [0.1, 0.15) is 6.10 Å². The van der Waals surface area contributed by atoms with Crippen LogP contribution in [0, 0.1) is 40.4 Å². The van der Waals surface area contributed by atoms with Crippen LogP contribution >= 0.6 is 0 Å². The predicted molar refractivity (Wildman–Crippen MR) is 79.4 cm³/mol. The third-order valence-electron chi connectivity index (χ3n) is 7.61. The Bertz CT molecular complexity index is 541. The lowest BCUT2D eigenvalue weighted by molar-refractivity contribution is -0.174. The van der Waals surface area contributed by atoms with Crippen LogP contribution in [0.1, 0.15) is 58.3 Å². The van der Waals surface area contributed by atoms with E-state index in [1.165, 1.54) is 0 Å². The average molecular weight is 303 g/mol. The molecule has 4 nitrogen and oxygen atoms in total. The van der Waals surface area contributed by atoms with Crippen molar-refractivity contribution in [2.45, 2.75) is 70.0 Å². The summed E-state index contributed by atoms with van der Waals surface area (Å²) in [5.41, 5.74) is -1.39. The van der Waals surface area contributed by atoms with Crippen LogP contribution in [-0.2, 0) is 9.53 Å². The van der Waals surface area contributed by atoms with Crippen LogP contribution in [0.5, 0.6) is 0 Å². The van der Waals surface area contributed by atoms with Gasteiger partial charge in [-0.15, -0.1) is 0 Å². The molecule has 1 aliphatic heterocycles. The van der Waals surface area contributed by atoms with E-state index in [-0.39, 0.29) is 17.5 Å². The van der Waals surface area contributed by atoms with Gasteiger partial charge in [-0.3, -0.25) is 4.79 Å². The predicted octanol–water partition coefficient (Wildman–Crippen LogP) is 2.80. The van der Waals surface area contributed by atoms with E-state index in [0.717, 1.165) is 38.5 Å². The third-order valence-corrected chi connectivity index (χ3v) is 7.61. The van der Waals surface area contributed by atoms with Gasteiger partial charge >= 0.3 is 5.97 Å². The van der Waals surface area contributed by atoms with Gasteiger partial charge in [-0.1, -0.05) is 6.92 Å². The Kier molecular flexibility index (Phi) is 3.10. The monoisotopic (exact) mass is 303 g/mol. The van der Waals surface area contributed by atoms with E-state index >= 15 is 0 Å². The fourth-order valence-electron chi connectivity index (χ4n) is 6.37. The first-order valence-corrected chi connectivity index (χ1v) is 8.82. The first-order valence-electron chi connectivity index (χ1n) is 8.82. The van der Waals surface area contributed by atoms with Crippen molar-refractivity contribution in [2.24, 2.45) is 29.1 Å². The molecule has 0 radical (unpaired) electrons. The fraction of sp³-hybridized carbons (Fsp3) is 0.889. The van der Waals surface area contributed by atoms with Gasteiger partial charge in [-0.05, 0) is 68.6 Å². The minimum Gasteiger partial charge on any atom is -0.462 e. The van der Waals surface area contributed by atoms with Gasteiger partial charge in [-0.2, -0.15) is 5.26 Å². The zero-order valence-corrected chi connectivity index (χ0v) is 13.3. The Morgan fingerprint density at radius 1 is 1.14 bits per heavy atom. The molecule has 0 aromatic carbocycles. The molecule has 0 aromatic rings. The highest BCUT2D eigenvalue weighted by Crippen LogP contribution is 2.64. The van der Waals surface area contributed by atoms with Gasteiger partial charge in [0.2, 0.25) is 0 Å². The largest absolute Gasteiger partial charge is 0.462 e. The fourth-order valence-corrected chi connectivity index (χ4v) is 6.37. The molecule has 7 atom stereocenters. The van der Waals surface area contributed by atoms with Gasteiger partial charge in [0.15, 0.2) is 5.60 Å². The van der Waals surface area contributed by atoms with E-state index in [4.69, 9.17) is 4.74 Å². The first-order chi connectivity index (χ1) is 10.5. The van der Waals surface area contributed by atoms with Crippen molar-refractivity contribution in [3.05, 3.63) is 0 Å². The molecular formula is C18H25NO3. The lowest BCUT2D eigenvalue weighted by Gasteiger charge is -2.55. The number of hydrogen-bond donors (Lipinski definition) is 1. The van der Waals surface area contributed by atoms with E-state index in [1.807, 2.05) is 0 Å². The zero-order valence-electron chi connectivity index (χ0n) is 13.3. The SMILES string of the molecule is C[C@]12CC[C@H]3[C@@H](CCC4OC(=O)CC[C@@H]43)[C@@H]1CC[C@@]2(O)C#N. The Morgan fingerprint density at radius 2 is 1.95 bits per heavy atom. The van der Waals surface area contributed by atoms with E-state index in [0.29, 0.717) is 36.5 Å². The first kappa shape index (κ1) is 14.5. The van der Waals surface area contributed by atoms with Crippen molar-refractivity contribution >= 4 is 5.97 Å². The van der Waals surface area contributed by atoms with E-state index in [9.17, 15) is 15.2 Å². The van der Waals surface area contributed by atoms with Gasteiger partial charge in [0, 0.05) is 11.8 Å². The molecule has 22 heavy (non-hydrogen) atoms. The average Bonchev–Trinajstić information content (AvgIpc) is 2.79. The summed E-state index contributed by atoms with van der Waals surface area (Å²) in [6.07, 6.45) is 7.31. The maximum absolute atomic E-state index is 11.5. The number of carbonyl (C=O) groups excluding carboxylic acids is 1. The van der Waals surface area contributed by atoms with Crippen molar-refractivity contribution in [1.29, 1.82) is 5.26 Å². The van der Waals surface area contributed by atoms with Crippen molar-refractivity contribution in [2.75, 3.05) is 0 Å². The molecule has 0 aromatic heterocycles. The minimum absolute atomic E-state index is 0.0277. The summed E-state index contributed by atoms with van der Waals surface area (Å²) in [7, 11) is 0. The Labute approximate surface area is 131 Å². The molecule has 1 N–H and O–H groups in total. The molecule has 1 heterocycles. The zero-order chi connectivity index (χ0) is 15.5. The number of rotatable bonds is 0. The number of nitrogens with zero attached hydrogens (tertiary/aromatic N) is 1. The van der Waals surface area contributed by atoms with E-state index in [2.05, 4.69) is 13.0 Å². The molecule has 4 rings (SSSR count). The van der Waals surface area contributed by atoms with Crippen LogP contribution in [0.3, 0.4) is 0 Å². The van der Waals surface area contributed by atoms with Gasteiger partial charge in [-0.25, -0.2) is 0 Å². The number of aliphatic hydroxyl groups is 1. The minimum atomic E-state index is -1.14. The number of fused-ring (bicyclic) bond motifs is 5. The maximum atomic E-state index is 11.5. The molecule has 4 fully saturated rings. The van der Waals surface area contributed by atoms with Crippen molar-refractivity contribution in [1.82, 2.24) is 0 Å². The number of carbonyl (C=O) groups is 1. The molecule has 1 saturated heterocycles. The van der Waals surface area contributed by atoms with Crippen molar-refractivity contribution in [3.8, 4) is 6.07 Å². The molecule has 3 saturated carbocycles. The van der Waals surface area contributed by atoms with Crippen LogP contribution in [0.25, 0.3) is 0 Å². The highest BCUT2D eigenvalue weighted by atomic mass is 16.5. The quantitative estimate of drug-likeness (QED) is 0.552. The van der Waals surface area contributed by atoms with Crippen molar-refractivity contribution < 1.29 is 14.6 Å². The number of hydrogen-bond acceptors (Lipinski definition) is 4. The third kappa shape index (κ3) is 1.75. The Morgan fingerprint density at radius 3 is 2.73 bits per heavy atom. The standard InChI is InChI=1S/C18H25NO3/c1-17-8-6-11-12(14(17)7-9-18(17,21)10-19)2-4-15-13(11)3-5-16(20)22-15/h11-15,21H,2-9H2,1H3/t11-,12+,13+,14-,15?,17-,18+/m0/s1. The molecule has 0 spiro atoms. The molecule has 4 aliphatic rings. The molecule has 0 bridgehead atoms. The summed E-state index contributed by atoms with van der Waals surface area (Å²) in [4.78, 5) is 11.5. The number of esters is 1. The topological polar surface area (TPSA) is 70.3 Å². The second kappa shape index (κ2) is 4.71. The molecule has 1 unspecified atom stereocenters. The smallest absolute Gasteiger partial charge is 0.306 e. The van der Waals surface area contributed by atoms with Gasteiger partial charge in [0.05, 0.1) is 6.07 Å². The number of nitriles is 1. The summed E-state index contributed by atoms with van der Waals surface area (Å²) in [5, 5.41) is 20.3. The van der Waals surface area contributed by atoms with Crippen molar-refractivity contribution in [3.63, 3.8) is 0 Å². The van der Waals surface area contributed by atoms with Crippen LogP contribution in [0.2, 0.25) is 0 Å². The lowest BCUT2D eigenvalue weighted by atomic mass is 9.51. The summed E-state index contributed by atoms with van der Waals surface area (Å²) >= 11 is 0. The number of ether oxygens (including phenoxy) is 1. The highest BCUT2D eigenvalue weighted by Gasteiger charge is 2.63. The van der Waals surface area contributed by atoms with Crippen LogP contribution < -0.4 is 0 Å². The molecule has 4 heteroatoms. The Hall–Kier alpha value is -1.08. The summed E-state index contributed by atoms with van der Waals surface area (Å²) in [6.45, 7) is 2.14. The summed E-state index contributed by atoms with van der Waals surface area (Å²) < 4.78 is 5.60. The van der Waals surface area contributed by atoms with Gasteiger partial charge < -0.3 is 9.84 Å². The second-order valence-corrected chi connectivity index (χ2v) is 8.21. The molecular weight excluding hydrogens is 278 g/mol. The lowest BCUT2D eigenvalue weighted by Crippen LogP contribution is -2.54. The molecule has 120 valence electrons. The maximum Gasteiger partial charge on any atom is 0.306 e. The Balaban J connectivity index is 1.61. The molecule has 0 amide bonds.